The van der Waals surface area contributed by atoms with Crippen LogP contribution in [0, 0.1) is 13.8 Å². The van der Waals surface area contributed by atoms with Gasteiger partial charge in [0.15, 0.2) is 0 Å². The molecule has 1 unspecified atom stereocenters. The third-order valence-electron chi connectivity index (χ3n) is 3.60. The third kappa shape index (κ3) is 3.63. The third-order valence-corrected chi connectivity index (χ3v) is 4.05. The molecule has 0 heterocycles. The molecule has 1 atom stereocenters. The van der Waals surface area contributed by atoms with Crippen LogP contribution in [0.5, 0.6) is 0 Å². The zero-order valence-corrected chi connectivity index (χ0v) is 14.0. The SMILES string of the molecule is CCCC(Nc1c(C)cc(Br)cc1C)c1ccccc1. The molecule has 1 nitrogen and oxygen atoms in total. The number of hydrogen-bond acceptors (Lipinski definition) is 1. The molecule has 2 aromatic rings. The molecule has 0 amide bonds. The van der Waals surface area contributed by atoms with Crippen LogP contribution in [0.2, 0.25) is 0 Å². The molecule has 2 rings (SSSR count). The Labute approximate surface area is 130 Å². The van der Waals surface area contributed by atoms with Crippen LogP contribution in [-0.4, -0.2) is 0 Å². The van der Waals surface area contributed by atoms with Crippen LogP contribution in [0.1, 0.15) is 42.5 Å². The normalized spacial score (nSPS) is 12.2. The monoisotopic (exact) mass is 331 g/mol. The van der Waals surface area contributed by atoms with Gasteiger partial charge in [-0.25, -0.2) is 0 Å². The Morgan fingerprint density at radius 2 is 1.65 bits per heavy atom. The Morgan fingerprint density at radius 1 is 1.05 bits per heavy atom. The summed E-state index contributed by atoms with van der Waals surface area (Å²) >= 11 is 3.56. The minimum absolute atomic E-state index is 0.375. The number of rotatable bonds is 5. The highest BCUT2D eigenvalue weighted by molar-refractivity contribution is 9.10. The first kappa shape index (κ1) is 15.1. The molecule has 20 heavy (non-hydrogen) atoms. The van der Waals surface area contributed by atoms with Crippen LogP contribution in [0.4, 0.5) is 5.69 Å². The summed E-state index contributed by atoms with van der Waals surface area (Å²) in [6.45, 7) is 6.56. The van der Waals surface area contributed by atoms with Crippen LogP contribution in [0.15, 0.2) is 46.9 Å². The van der Waals surface area contributed by atoms with Crippen molar-refractivity contribution in [3.05, 3.63) is 63.6 Å². The quantitative estimate of drug-likeness (QED) is 0.706. The number of benzene rings is 2. The van der Waals surface area contributed by atoms with E-state index in [1.54, 1.807) is 0 Å². The summed E-state index contributed by atoms with van der Waals surface area (Å²) in [6, 6.07) is 15.4. The molecule has 0 bridgehead atoms. The molecule has 0 aliphatic heterocycles. The number of anilines is 1. The summed E-state index contributed by atoms with van der Waals surface area (Å²) in [5, 5.41) is 3.74. The van der Waals surface area contributed by atoms with E-state index >= 15 is 0 Å². The first-order valence-corrected chi connectivity index (χ1v) is 7.99. The van der Waals surface area contributed by atoms with Crippen molar-refractivity contribution in [3.63, 3.8) is 0 Å². The molecule has 106 valence electrons. The van der Waals surface area contributed by atoms with Gasteiger partial charge in [-0.15, -0.1) is 0 Å². The van der Waals surface area contributed by atoms with Crippen LogP contribution < -0.4 is 5.32 Å². The summed E-state index contributed by atoms with van der Waals surface area (Å²) < 4.78 is 1.14. The van der Waals surface area contributed by atoms with Crippen molar-refractivity contribution in [1.82, 2.24) is 0 Å². The topological polar surface area (TPSA) is 12.0 Å². The number of nitrogens with one attached hydrogen (secondary N) is 1. The van der Waals surface area contributed by atoms with Crippen molar-refractivity contribution in [2.75, 3.05) is 5.32 Å². The number of aryl methyl sites for hydroxylation is 2. The molecule has 1 N–H and O–H groups in total. The van der Waals surface area contributed by atoms with Gasteiger partial charge in [-0.05, 0) is 49.1 Å². The first-order chi connectivity index (χ1) is 9.61. The lowest BCUT2D eigenvalue weighted by atomic mass is 10.0. The number of hydrogen-bond donors (Lipinski definition) is 1. The van der Waals surface area contributed by atoms with Crippen LogP contribution in [0.3, 0.4) is 0 Å². The van der Waals surface area contributed by atoms with Gasteiger partial charge in [-0.3, -0.25) is 0 Å². The largest absolute Gasteiger partial charge is 0.378 e. The van der Waals surface area contributed by atoms with Gasteiger partial charge in [0.2, 0.25) is 0 Å². The summed E-state index contributed by atoms with van der Waals surface area (Å²) in [5.41, 5.74) is 5.19. The van der Waals surface area contributed by atoms with Crippen molar-refractivity contribution in [1.29, 1.82) is 0 Å². The minimum Gasteiger partial charge on any atom is -0.378 e. The van der Waals surface area contributed by atoms with Gasteiger partial charge in [-0.1, -0.05) is 59.6 Å². The smallest absolute Gasteiger partial charge is 0.0513 e. The highest BCUT2D eigenvalue weighted by Gasteiger charge is 2.13. The lowest BCUT2D eigenvalue weighted by Crippen LogP contribution is -2.12. The minimum atomic E-state index is 0.375. The van der Waals surface area contributed by atoms with E-state index in [1.165, 1.54) is 28.8 Å². The molecule has 0 spiro atoms. The average molecular weight is 332 g/mol. The fourth-order valence-corrected chi connectivity index (χ4v) is 3.30. The summed E-state index contributed by atoms with van der Waals surface area (Å²) in [6.07, 6.45) is 2.31. The summed E-state index contributed by atoms with van der Waals surface area (Å²) in [4.78, 5) is 0. The number of halogens is 1. The van der Waals surface area contributed by atoms with E-state index in [0.29, 0.717) is 6.04 Å². The van der Waals surface area contributed by atoms with Crippen molar-refractivity contribution in [2.45, 2.75) is 39.7 Å². The van der Waals surface area contributed by atoms with Gasteiger partial charge in [0.25, 0.3) is 0 Å². The first-order valence-electron chi connectivity index (χ1n) is 7.20. The van der Waals surface area contributed by atoms with E-state index in [9.17, 15) is 0 Å². The Kier molecular flexibility index (Phi) is 5.24. The van der Waals surface area contributed by atoms with Crippen molar-refractivity contribution in [3.8, 4) is 0 Å². The predicted octanol–water partition coefficient (Wildman–Crippen LogP) is 6.02. The maximum atomic E-state index is 3.74. The van der Waals surface area contributed by atoms with Gasteiger partial charge >= 0.3 is 0 Å². The fourth-order valence-electron chi connectivity index (χ4n) is 2.61. The molecule has 2 heteroatoms. The zero-order valence-electron chi connectivity index (χ0n) is 12.4. The van der Waals surface area contributed by atoms with E-state index < -0.39 is 0 Å². The molecule has 0 aliphatic carbocycles. The van der Waals surface area contributed by atoms with E-state index in [2.05, 4.69) is 84.5 Å². The van der Waals surface area contributed by atoms with Crippen molar-refractivity contribution in [2.24, 2.45) is 0 Å². The highest BCUT2D eigenvalue weighted by Crippen LogP contribution is 2.30. The maximum absolute atomic E-state index is 3.74. The van der Waals surface area contributed by atoms with E-state index in [-0.39, 0.29) is 0 Å². The van der Waals surface area contributed by atoms with E-state index in [1.807, 2.05) is 0 Å². The summed E-state index contributed by atoms with van der Waals surface area (Å²) in [7, 11) is 0. The van der Waals surface area contributed by atoms with Crippen LogP contribution in [0.25, 0.3) is 0 Å². The molecule has 0 fully saturated rings. The second kappa shape index (κ2) is 6.94. The predicted molar refractivity (Wildman–Crippen MR) is 91.3 cm³/mol. The molecule has 0 aromatic heterocycles. The molecule has 0 saturated carbocycles. The standard InChI is InChI=1S/C18H22BrN/c1-4-8-17(15-9-6-5-7-10-15)20-18-13(2)11-16(19)12-14(18)3/h5-7,9-12,17,20H,4,8H2,1-3H3. The average Bonchev–Trinajstić information content (AvgIpc) is 2.42. The summed E-state index contributed by atoms with van der Waals surface area (Å²) in [5.74, 6) is 0. The molecule has 0 radical (unpaired) electrons. The van der Waals surface area contributed by atoms with Gasteiger partial charge < -0.3 is 5.32 Å². The van der Waals surface area contributed by atoms with Gasteiger partial charge in [0.05, 0.1) is 6.04 Å². The van der Waals surface area contributed by atoms with Gasteiger partial charge in [-0.2, -0.15) is 0 Å². The highest BCUT2D eigenvalue weighted by atomic mass is 79.9. The molecule has 2 aromatic carbocycles. The zero-order chi connectivity index (χ0) is 14.5. The second-order valence-electron chi connectivity index (χ2n) is 5.31. The van der Waals surface area contributed by atoms with Crippen LogP contribution >= 0.6 is 15.9 Å². The van der Waals surface area contributed by atoms with Crippen molar-refractivity contribution >= 4 is 21.6 Å². The molecule has 0 saturated heterocycles. The van der Waals surface area contributed by atoms with Gasteiger partial charge in [0.1, 0.15) is 0 Å². The molecular formula is C18H22BrN. The van der Waals surface area contributed by atoms with Crippen molar-refractivity contribution < 1.29 is 0 Å². The fraction of sp³-hybridized carbons (Fsp3) is 0.333. The lowest BCUT2D eigenvalue weighted by molar-refractivity contribution is 0.676. The Morgan fingerprint density at radius 3 is 2.20 bits per heavy atom. The second-order valence-corrected chi connectivity index (χ2v) is 6.23. The van der Waals surface area contributed by atoms with E-state index in [4.69, 9.17) is 0 Å². The Bertz CT molecular complexity index is 540. The lowest BCUT2D eigenvalue weighted by Gasteiger charge is -2.23. The molecular weight excluding hydrogens is 310 g/mol. The Balaban J connectivity index is 2.30. The molecule has 0 aliphatic rings. The maximum Gasteiger partial charge on any atom is 0.0513 e. The van der Waals surface area contributed by atoms with Gasteiger partial charge in [0, 0.05) is 10.2 Å². The Hall–Kier alpha value is -1.28. The van der Waals surface area contributed by atoms with E-state index in [0.717, 1.165) is 10.9 Å². The van der Waals surface area contributed by atoms with Crippen LogP contribution in [-0.2, 0) is 0 Å².